The van der Waals surface area contributed by atoms with Gasteiger partial charge in [-0.3, -0.25) is 4.79 Å². The second-order valence-electron chi connectivity index (χ2n) is 8.59. The van der Waals surface area contributed by atoms with Crippen LogP contribution in [0.5, 0.6) is 0 Å². The molecule has 8 nitrogen and oxygen atoms in total. The molecule has 2 aliphatic rings. The quantitative estimate of drug-likeness (QED) is 0.807. The SMILES string of the molecule is CC1CN(c2ccc(NC(=O)c3ccc(N4CC(C)OC(C)C4)nc3)cn2)CC(C)O1. The van der Waals surface area contributed by atoms with E-state index in [9.17, 15) is 4.79 Å². The van der Waals surface area contributed by atoms with Gasteiger partial charge in [0.15, 0.2) is 0 Å². The third-order valence-corrected chi connectivity index (χ3v) is 5.50. The molecular formula is C23H31N5O3. The van der Waals surface area contributed by atoms with Gasteiger partial charge < -0.3 is 24.6 Å². The zero-order chi connectivity index (χ0) is 22.0. The molecule has 4 rings (SSSR count). The molecule has 8 heteroatoms. The molecule has 2 aliphatic heterocycles. The summed E-state index contributed by atoms with van der Waals surface area (Å²) in [5.41, 5.74) is 1.17. The van der Waals surface area contributed by atoms with E-state index in [2.05, 4.69) is 52.8 Å². The van der Waals surface area contributed by atoms with Gasteiger partial charge >= 0.3 is 0 Å². The summed E-state index contributed by atoms with van der Waals surface area (Å²) >= 11 is 0. The number of pyridine rings is 2. The Morgan fingerprint density at radius 1 is 0.806 bits per heavy atom. The summed E-state index contributed by atoms with van der Waals surface area (Å²) in [6.45, 7) is 11.5. The predicted molar refractivity (Wildman–Crippen MR) is 121 cm³/mol. The number of nitrogens with one attached hydrogen (secondary N) is 1. The van der Waals surface area contributed by atoms with Crippen LogP contribution in [0.1, 0.15) is 38.1 Å². The standard InChI is InChI=1S/C23H31N5O3/c1-15-11-27(12-16(2)30-15)21-7-5-19(9-24-21)23(29)26-20-6-8-22(25-10-20)28-13-17(3)31-18(4)14-28/h5-10,15-18H,11-14H2,1-4H3,(H,26,29). The average Bonchev–Trinajstić information content (AvgIpc) is 2.73. The van der Waals surface area contributed by atoms with Crippen LogP contribution in [0.25, 0.3) is 0 Å². The summed E-state index contributed by atoms with van der Waals surface area (Å²) in [6, 6.07) is 7.51. The molecule has 2 aromatic heterocycles. The molecule has 1 amide bonds. The lowest BCUT2D eigenvalue weighted by Gasteiger charge is -2.36. The van der Waals surface area contributed by atoms with Crippen LogP contribution in [0, 0.1) is 0 Å². The largest absolute Gasteiger partial charge is 0.372 e. The van der Waals surface area contributed by atoms with Crippen molar-refractivity contribution < 1.29 is 14.3 Å². The minimum Gasteiger partial charge on any atom is -0.372 e. The van der Waals surface area contributed by atoms with Gasteiger partial charge in [0, 0.05) is 32.4 Å². The number of nitrogens with zero attached hydrogens (tertiary/aromatic N) is 4. The molecule has 0 saturated carbocycles. The summed E-state index contributed by atoms with van der Waals surface area (Å²) in [5.74, 6) is 1.55. The van der Waals surface area contributed by atoms with Crippen LogP contribution in [-0.4, -0.2) is 66.5 Å². The Labute approximate surface area is 183 Å². The molecule has 166 valence electrons. The molecule has 2 fully saturated rings. The number of anilines is 3. The van der Waals surface area contributed by atoms with Crippen molar-refractivity contribution >= 4 is 23.2 Å². The van der Waals surface area contributed by atoms with Crippen LogP contribution in [0.3, 0.4) is 0 Å². The summed E-state index contributed by atoms with van der Waals surface area (Å²) in [5, 5.41) is 2.90. The Bertz CT molecular complexity index is 869. The van der Waals surface area contributed by atoms with E-state index in [1.54, 1.807) is 18.5 Å². The van der Waals surface area contributed by atoms with E-state index in [0.29, 0.717) is 11.3 Å². The van der Waals surface area contributed by atoms with Crippen LogP contribution < -0.4 is 15.1 Å². The van der Waals surface area contributed by atoms with E-state index in [1.165, 1.54) is 0 Å². The maximum atomic E-state index is 12.6. The van der Waals surface area contributed by atoms with Gasteiger partial charge in [0.1, 0.15) is 11.6 Å². The van der Waals surface area contributed by atoms with E-state index in [-0.39, 0.29) is 30.3 Å². The number of carbonyl (C=O) groups excluding carboxylic acids is 1. The van der Waals surface area contributed by atoms with Gasteiger partial charge in [0.2, 0.25) is 0 Å². The van der Waals surface area contributed by atoms with E-state index < -0.39 is 0 Å². The topological polar surface area (TPSA) is 79.8 Å². The van der Waals surface area contributed by atoms with Crippen molar-refractivity contribution in [1.29, 1.82) is 0 Å². The molecule has 2 aromatic rings. The lowest BCUT2D eigenvalue weighted by molar-refractivity contribution is -0.00572. The lowest BCUT2D eigenvalue weighted by Crippen LogP contribution is -2.45. The summed E-state index contributed by atoms with van der Waals surface area (Å²) < 4.78 is 11.6. The van der Waals surface area contributed by atoms with E-state index in [4.69, 9.17) is 9.47 Å². The molecule has 0 aliphatic carbocycles. The number of hydrogen-bond acceptors (Lipinski definition) is 7. The third-order valence-electron chi connectivity index (χ3n) is 5.50. The second kappa shape index (κ2) is 9.20. The van der Waals surface area contributed by atoms with Gasteiger partial charge in [-0.1, -0.05) is 0 Å². The highest BCUT2D eigenvalue weighted by Gasteiger charge is 2.24. The number of rotatable bonds is 4. The highest BCUT2D eigenvalue weighted by atomic mass is 16.5. The van der Waals surface area contributed by atoms with Crippen molar-refractivity contribution in [2.24, 2.45) is 0 Å². The number of amides is 1. The highest BCUT2D eigenvalue weighted by molar-refractivity contribution is 6.04. The number of carbonyl (C=O) groups is 1. The van der Waals surface area contributed by atoms with Crippen LogP contribution in [0.15, 0.2) is 36.7 Å². The molecule has 1 N–H and O–H groups in total. The molecule has 31 heavy (non-hydrogen) atoms. The fraction of sp³-hybridized carbons (Fsp3) is 0.522. The van der Waals surface area contributed by atoms with E-state index >= 15 is 0 Å². The Morgan fingerprint density at radius 2 is 1.29 bits per heavy atom. The van der Waals surface area contributed by atoms with Gasteiger partial charge in [0.05, 0.1) is 41.9 Å². The van der Waals surface area contributed by atoms with Crippen molar-refractivity contribution in [3.63, 3.8) is 0 Å². The highest BCUT2D eigenvalue weighted by Crippen LogP contribution is 2.21. The first-order valence-corrected chi connectivity index (χ1v) is 10.9. The van der Waals surface area contributed by atoms with Crippen LogP contribution in [-0.2, 0) is 9.47 Å². The summed E-state index contributed by atoms with van der Waals surface area (Å²) in [4.78, 5) is 26.1. The minimum atomic E-state index is -0.203. The van der Waals surface area contributed by atoms with Crippen LogP contribution >= 0.6 is 0 Å². The minimum absolute atomic E-state index is 0.160. The molecule has 2 saturated heterocycles. The molecular weight excluding hydrogens is 394 g/mol. The van der Waals surface area contributed by atoms with Crippen molar-refractivity contribution in [2.75, 3.05) is 41.3 Å². The maximum absolute atomic E-state index is 12.6. The number of aromatic nitrogens is 2. The number of ether oxygens (including phenoxy) is 2. The Balaban J connectivity index is 1.37. The number of morpholine rings is 2. The first kappa shape index (κ1) is 21.5. The lowest BCUT2D eigenvalue weighted by atomic mass is 10.2. The van der Waals surface area contributed by atoms with Gasteiger partial charge in [-0.25, -0.2) is 9.97 Å². The Morgan fingerprint density at radius 3 is 1.71 bits per heavy atom. The van der Waals surface area contributed by atoms with Crippen molar-refractivity contribution in [2.45, 2.75) is 52.1 Å². The molecule has 0 bridgehead atoms. The molecule has 4 heterocycles. The third kappa shape index (κ3) is 5.32. The summed E-state index contributed by atoms with van der Waals surface area (Å²) in [7, 11) is 0. The van der Waals surface area contributed by atoms with Crippen molar-refractivity contribution in [3.05, 3.63) is 42.2 Å². The van der Waals surface area contributed by atoms with Crippen molar-refractivity contribution in [3.8, 4) is 0 Å². The van der Waals surface area contributed by atoms with Crippen LogP contribution in [0.2, 0.25) is 0 Å². The molecule has 4 unspecified atom stereocenters. The smallest absolute Gasteiger partial charge is 0.257 e. The van der Waals surface area contributed by atoms with E-state index in [1.807, 2.05) is 18.2 Å². The first-order valence-electron chi connectivity index (χ1n) is 10.9. The zero-order valence-corrected chi connectivity index (χ0v) is 18.6. The fourth-order valence-electron chi connectivity index (χ4n) is 4.29. The maximum Gasteiger partial charge on any atom is 0.257 e. The van der Waals surface area contributed by atoms with E-state index in [0.717, 1.165) is 37.8 Å². The zero-order valence-electron chi connectivity index (χ0n) is 18.6. The fourth-order valence-corrected chi connectivity index (χ4v) is 4.29. The average molecular weight is 426 g/mol. The van der Waals surface area contributed by atoms with Gasteiger partial charge in [0.25, 0.3) is 5.91 Å². The number of hydrogen-bond donors (Lipinski definition) is 1. The van der Waals surface area contributed by atoms with Gasteiger partial charge in [-0.05, 0) is 52.0 Å². The molecule has 0 spiro atoms. The van der Waals surface area contributed by atoms with Crippen molar-refractivity contribution in [1.82, 2.24) is 9.97 Å². The van der Waals surface area contributed by atoms with Gasteiger partial charge in [-0.2, -0.15) is 0 Å². The second-order valence-corrected chi connectivity index (χ2v) is 8.59. The monoisotopic (exact) mass is 425 g/mol. The van der Waals surface area contributed by atoms with Crippen LogP contribution in [0.4, 0.5) is 17.3 Å². The molecule has 0 radical (unpaired) electrons. The molecule has 4 atom stereocenters. The normalized spacial score (nSPS) is 26.6. The first-order chi connectivity index (χ1) is 14.9. The Kier molecular flexibility index (Phi) is 6.38. The molecule has 0 aromatic carbocycles. The Hall–Kier alpha value is -2.71. The summed E-state index contributed by atoms with van der Waals surface area (Å²) in [6.07, 6.45) is 3.97. The van der Waals surface area contributed by atoms with Gasteiger partial charge in [-0.15, -0.1) is 0 Å². The predicted octanol–water partition coefficient (Wildman–Crippen LogP) is 2.96.